The Morgan fingerprint density at radius 3 is 2.35 bits per heavy atom. The summed E-state index contributed by atoms with van der Waals surface area (Å²) in [5.74, 6) is 0.512. The molecule has 0 saturated carbocycles. The first-order valence-electron chi connectivity index (χ1n) is 7.43. The molecule has 0 aliphatic rings. The van der Waals surface area contributed by atoms with Crippen molar-refractivity contribution in [3.05, 3.63) is 65.4 Å². The van der Waals surface area contributed by atoms with Crippen LogP contribution in [0.25, 0.3) is 11.3 Å². The van der Waals surface area contributed by atoms with Gasteiger partial charge in [0.2, 0.25) is 5.88 Å². The van der Waals surface area contributed by atoms with Gasteiger partial charge < -0.3 is 9.47 Å². The van der Waals surface area contributed by atoms with Crippen LogP contribution in [0, 0.1) is 6.92 Å². The van der Waals surface area contributed by atoms with Crippen molar-refractivity contribution in [2.45, 2.75) is 13.3 Å². The predicted octanol–water partition coefficient (Wildman–Crippen LogP) is 5.80. The molecular weight excluding hydrogens is 369 g/mol. The number of ether oxygens (including phenoxy) is 2. The van der Waals surface area contributed by atoms with Crippen LogP contribution in [-0.4, -0.2) is 16.3 Å². The largest absolute Gasteiger partial charge is 0.573 e. The molecule has 0 amide bonds. The fourth-order valence-corrected chi connectivity index (χ4v) is 2.40. The number of aromatic nitrogens is 2. The third-order valence-electron chi connectivity index (χ3n) is 3.25. The lowest BCUT2D eigenvalue weighted by Gasteiger charge is -2.11. The Labute approximate surface area is 152 Å². The Bertz CT molecular complexity index is 915. The number of pyridine rings is 2. The number of hydrogen-bond acceptors (Lipinski definition) is 4. The molecule has 0 atom stereocenters. The minimum atomic E-state index is -4.73. The summed E-state index contributed by atoms with van der Waals surface area (Å²) in [4.78, 5) is 8.26. The lowest BCUT2D eigenvalue weighted by molar-refractivity contribution is -0.274. The van der Waals surface area contributed by atoms with Gasteiger partial charge in [-0.2, -0.15) is 0 Å². The topological polar surface area (TPSA) is 44.2 Å². The molecule has 4 nitrogen and oxygen atoms in total. The molecule has 0 bridgehead atoms. The van der Waals surface area contributed by atoms with Crippen LogP contribution in [-0.2, 0) is 0 Å². The van der Waals surface area contributed by atoms with Crippen molar-refractivity contribution in [3.8, 4) is 28.6 Å². The van der Waals surface area contributed by atoms with Gasteiger partial charge in [0.05, 0.1) is 5.69 Å². The number of hydrogen-bond donors (Lipinski definition) is 0. The van der Waals surface area contributed by atoms with Gasteiger partial charge in [-0.3, -0.25) is 0 Å². The minimum absolute atomic E-state index is 0.288. The van der Waals surface area contributed by atoms with Crippen molar-refractivity contribution >= 4 is 11.6 Å². The highest BCUT2D eigenvalue weighted by atomic mass is 35.5. The molecule has 0 radical (unpaired) electrons. The van der Waals surface area contributed by atoms with Crippen LogP contribution < -0.4 is 9.47 Å². The van der Waals surface area contributed by atoms with E-state index in [1.54, 1.807) is 24.3 Å². The van der Waals surface area contributed by atoms with E-state index in [-0.39, 0.29) is 10.9 Å². The number of aryl methyl sites for hydroxylation is 1. The zero-order chi connectivity index (χ0) is 18.7. The fourth-order valence-electron chi connectivity index (χ4n) is 2.23. The second-order valence-electron chi connectivity index (χ2n) is 5.36. The van der Waals surface area contributed by atoms with Crippen molar-refractivity contribution in [2.24, 2.45) is 0 Å². The quantitative estimate of drug-likeness (QED) is 0.537. The van der Waals surface area contributed by atoms with Gasteiger partial charge in [-0.15, -0.1) is 13.2 Å². The van der Waals surface area contributed by atoms with E-state index < -0.39 is 6.36 Å². The van der Waals surface area contributed by atoms with E-state index >= 15 is 0 Å². The smallest absolute Gasteiger partial charge is 0.439 e. The second kappa shape index (κ2) is 7.21. The van der Waals surface area contributed by atoms with Gasteiger partial charge in [0.25, 0.3) is 0 Å². The maximum atomic E-state index is 12.2. The molecule has 26 heavy (non-hydrogen) atoms. The zero-order valence-corrected chi connectivity index (χ0v) is 14.2. The van der Waals surface area contributed by atoms with Crippen LogP contribution in [0.4, 0.5) is 13.2 Å². The van der Waals surface area contributed by atoms with E-state index in [2.05, 4.69) is 14.7 Å². The molecule has 134 valence electrons. The van der Waals surface area contributed by atoms with Crippen LogP contribution in [0.3, 0.4) is 0 Å². The summed E-state index contributed by atoms with van der Waals surface area (Å²) >= 11 is 5.83. The molecule has 8 heteroatoms. The van der Waals surface area contributed by atoms with E-state index in [0.717, 1.165) is 5.56 Å². The van der Waals surface area contributed by atoms with Crippen molar-refractivity contribution in [1.29, 1.82) is 0 Å². The van der Waals surface area contributed by atoms with E-state index in [1.807, 2.05) is 6.92 Å². The lowest BCUT2D eigenvalue weighted by atomic mass is 10.1. The monoisotopic (exact) mass is 380 g/mol. The number of nitrogens with zero attached hydrogens (tertiary/aromatic N) is 2. The third kappa shape index (κ3) is 4.86. The lowest BCUT2D eigenvalue weighted by Crippen LogP contribution is -2.16. The molecule has 0 fully saturated rings. The Balaban J connectivity index is 1.85. The highest BCUT2D eigenvalue weighted by molar-refractivity contribution is 6.29. The van der Waals surface area contributed by atoms with Crippen molar-refractivity contribution in [1.82, 2.24) is 9.97 Å². The summed E-state index contributed by atoms with van der Waals surface area (Å²) in [6.07, 6.45) is -3.22. The Morgan fingerprint density at radius 1 is 0.962 bits per heavy atom. The number of alkyl halides is 3. The van der Waals surface area contributed by atoms with Crippen LogP contribution >= 0.6 is 11.6 Å². The van der Waals surface area contributed by atoms with Crippen LogP contribution in [0.5, 0.6) is 17.4 Å². The van der Waals surface area contributed by atoms with Gasteiger partial charge in [-0.05, 0) is 48.9 Å². The molecule has 0 saturated heterocycles. The first kappa shape index (κ1) is 18.0. The SMILES string of the molecule is Cc1cc(Oc2ccnc(Cl)c2)nc(-c2ccc(OC(F)(F)F)cc2)c1. The van der Waals surface area contributed by atoms with Gasteiger partial charge in [-0.25, -0.2) is 9.97 Å². The zero-order valence-electron chi connectivity index (χ0n) is 13.4. The van der Waals surface area contributed by atoms with E-state index in [1.165, 1.54) is 30.5 Å². The average Bonchev–Trinajstić information content (AvgIpc) is 2.53. The van der Waals surface area contributed by atoms with E-state index in [0.29, 0.717) is 22.9 Å². The van der Waals surface area contributed by atoms with E-state index in [9.17, 15) is 13.2 Å². The standard InChI is InChI=1S/C18H12ClF3N2O2/c1-11-8-15(12-2-4-13(5-3-12)26-18(20,21)22)24-17(9-11)25-14-6-7-23-16(19)10-14/h2-10H,1H3. The van der Waals surface area contributed by atoms with Crippen LogP contribution in [0.2, 0.25) is 5.15 Å². The maximum Gasteiger partial charge on any atom is 0.573 e. The fraction of sp³-hybridized carbons (Fsp3) is 0.111. The number of benzene rings is 1. The van der Waals surface area contributed by atoms with Crippen LogP contribution in [0.15, 0.2) is 54.7 Å². The molecule has 3 rings (SSSR count). The van der Waals surface area contributed by atoms with Gasteiger partial charge in [-0.1, -0.05) is 11.6 Å². The molecule has 1 aromatic carbocycles. The van der Waals surface area contributed by atoms with Gasteiger partial charge in [0.1, 0.15) is 16.7 Å². The van der Waals surface area contributed by atoms with Crippen LogP contribution in [0.1, 0.15) is 5.56 Å². The molecule has 0 spiro atoms. The minimum Gasteiger partial charge on any atom is -0.439 e. The van der Waals surface area contributed by atoms with Gasteiger partial charge in [0, 0.05) is 23.9 Å². The summed E-state index contributed by atoms with van der Waals surface area (Å²) in [5, 5.41) is 0.288. The molecule has 0 aliphatic carbocycles. The van der Waals surface area contributed by atoms with Crippen molar-refractivity contribution in [3.63, 3.8) is 0 Å². The summed E-state index contributed by atoms with van der Waals surface area (Å²) in [6.45, 7) is 1.86. The number of rotatable bonds is 4. The highest BCUT2D eigenvalue weighted by Gasteiger charge is 2.30. The molecule has 0 unspecified atom stereocenters. The predicted molar refractivity (Wildman–Crippen MR) is 90.4 cm³/mol. The summed E-state index contributed by atoms with van der Waals surface area (Å²) in [5.41, 5.74) is 2.06. The summed E-state index contributed by atoms with van der Waals surface area (Å²) in [7, 11) is 0. The molecule has 2 heterocycles. The number of halogens is 4. The second-order valence-corrected chi connectivity index (χ2v) is 5.74. The molecule has 2 aromatic heterocycles. The molecule has 3 aromatic rings. The molecule has 0 N–H and O–H groups in total. The highest BCUT2D eigenvalue weighted by Crippen LogP contribution is 2.29. The molecular formula is C18H12ClF3N2O2. The maximum absolute atomic E-state index is 12.2. The Hall–Kier alpha value is -2.80. The first-order chi connectivity index (χ1) is 12.3. The first-order valence-corrected chi connectivity index (χ1v) is 7.80. The average molecular weight is 381 g/mol. The van der Waals surface area contributed by atoms with Crippen molar-refractivity contribution in [2.75, 3.05) is 0 Å². The Morgan fingerprint density at radius 2 is 1.69 bits per heavy atom. The Kier molecular flexibility index (Phi) is 4.99. The van der Waals surface area contributed by atoms with E-state index in [4.69, 9.17) is 16.3 Å². The normalized spacial score (nSPS) is 11.3. The third-order valence-corrected chi connectivity index (χ3v) is 3.46. The van der Waals surface area contributed by atoms with Crippen molar-refractivity contribution < 1.29 is 22.6 Å². The van der Waals surface area contributed by atoms with Gasteiger partial charge >= 0.3 is 6.36 Å². The summed E-state index contributed by atoms with van der Waals surface area (Å²) < 4.78 is 46.3. The van der Waals surface area contributed by atoms with Gasteiger partial charge in [0.15, 0.2) is 0 Å². The summed E-state index contributed by atoms with van der Waals surface area (Å²) in [6, 6.07) is 12.2. The molecule has 0 aliphatic heterocycles.